The molecule has 0 radical (unpaired) electrons. The molecular weight excluding hydrogens is 380 g/mol. The lowest BCUT2D eigenvalue weighted by Crippen LogP contribution is -2.41. The summed E-state index contributed by atoms with van der Waals surface area (Å²) in [5.74, 6) is 2.37. The van der Waals surface area contributed by atoms with E-state index in [-0.39, 0.29) is 5.82 Å². The van der Waals surface area contributed by atoms with Crippen LogP contribution in [0.4, 0.5) is 17.5 Å². The van der Waals surface area contributed by atoms with Gasteiger partial charge in [-0.25, -0.2) is 15.0 Å². The standard InChI is InChI=1S/C19H25ClN6S/c1-12-3-2-4-19(12)5-7-26(8-6-19)15-10-24-16(11-23-15)27-13-9-14(21)25-18(22)17(13)20/h9-12H,2-8H2,1H3,(H4,21,22,25)/t12-/m1/s1. The molecule has 1 spiro atoms. The molecule has 27 heavy (non-hydrogen) atoms. The first-order valence-corrected chi connectivity index (χ1v) is 10.6. The molecule has 0 unspecified atom stereocenters. The number of nitrogens with two attached hydrogens (primary N) is 2. The maximum Gasteiger partial charge on any atom is 0.147 e. The first-order chi connectivity index (χ1) is 13.0. The molecule has 0 bridgehead atoms. The summed E-state index contributed by atoms with van der Waals surface area (Å²) in [5, 5.41) is 1.15. The number of piperidine rings is 1. The van der Waals surface area contributed by atoms with Crippen LogP contribution in [0.15, 0.2) is 28.4 Å². The average molecular weight is 405 g/mol. The number of pyridine rings is 1. The second kappa shape index (κ2) is 7.36. The highest BCUT2D eigenvalue weighted by Gasteiger charge is 2.42. The molecule has 2 aromatic rings. The normalized spacial score (nSPS) is 21.7. The van der Waals surface area contributed by atoms with Crippen LogP contribution in [-0.2, 0) is 0 Å². The van der Waals surface area contributed by atoms with Crippen molar-refractivity contribution in [2.45, 2.75) is 48.9 Å². The average Bonchev–Trinajstić information content (AvgIpc) is 3.01. The molecule has 6 nitrogen and oxygen atoms in total. The number of halogens is 1. The maximum absolute atomic E-state index is 6.22. The fourth-order valence-corrected chi connectivity index (χ4v) is 5.52. The third kappa shape index (κ3) is 3.67. The molecule has 3 heterocycles. The summed E-state index contributed by atoms with van der Waals surface area (Å²) in [6.07, 6.45) is 10.3. The highest BCUT2D eigenvalue weighted by atomic mass is 35.5. The van der Waals surface area contributed by atoms with Crippen LogP contribution in [0.1, 0.15) is 39.0 Å². The molecule has 4 rings (SSSR count). The Bertz CT molecular complexity index is 820. The highest BCUT2D eigenvalue weighted by Crippen LogP contribution is 2.50. The summed E-state index contributed by atoms with van der Waals surface area (Å²) >= 11 is 7.61. The van der Waals surface area contributed by atoms with Gasteiger partial charge in [-0.1, -0.05) is 43.1 Å². The third-order valence-corrected chi connectivity index (χ3v) is 7.71. The van der Waals surface area contributed by atoms with Gasteiger partial charge in [0.25, 0.3) is 0 Å². The maximum atomic E-state index is 6.22. The molecule has 4 N–H and O–H groups in total. The zero-order valence-corrected chi connectivity index (χ0v) is 17.1. The molecule has 0 aromatic carbocycles. The second-order valence-electron chi connectivity index (χ2n) is 7.70. The molecule has 8 heteroatoms. The molecular formula is C19H25ClN6S. The van der Waals surface area contributed by atoms with E-state index in [1.165, 1.54) is 43.9 Å². The van der Waals surface area contributed by atoms with E-state index in [9.17, 15) is 0 Å². The van der Waals surface area contributed by atoms with Crippen LogP contribution in [0, 0.1) is 11.3 Å². The monoisotopic (exact) mass is 404 g/mol. The van der Waals surface area contributed by atoms with Gasteiger partial charge in [0.05, 0.1) is 17.4 Å². The van der Waals surface area contributed by atoms with Gasteiger partial charge in [0.2, 0.25) is 0 Å². The van der Waals surface area contributed by atoms with Crippen molar-refractivity contribution in [3.63, 3.8) is 0 Å². The van der Waals surface area contributed by atoms with Gasteiger partial charge in [-0.05, 0) is 36.7 Å². The van der Waals surface area contributed by atoms with Crippen molar-refractivity contribution >= 4 is 40.8 Å². The summed E-state index contributed by atoms with van der Waals surface area (Å²) in [6, 6.07) is 1.70. The lowest BCUT2D eigenvalue weighted by atomic mass is 9.71. The molecule has 1 atom stereocenters. The number of nitrogen functional groups attached to an aromatic ring is 2. The Hall–Kier alpha value is -1.73. The fraction of sp³-hybridized carbons (Fsp3) is 0.526. The molecule has 1 saturated heterocycles. The molecule has 1 aliphatic carbocycles. The van der Waals surface area contributed by atoms with E-state index in [4.69, 9.17) is 23.1 Å². The largest absolute Gasteiger partial charge is 0.384 e. The van der Waals surface area contributed by atoms with E-state index in [1.54, 1.807) is 12.3 Å². The minimum Gasteiger partial charge on any atom is -0.384 e. The second-order valence-corrected chi connectivity index (χ2v) is 9.14. The summed E-state index contributed by atoms with van der Waals surface area (Å²) < 4.78 is 0. The van der Waals surface area contributed by atoms with Crippen LogP contribution in [0.3, 0.4) is 0 Å². The van der Waals surface area contributed by atoms with E-state index in [0.29, 0.717) is 16.3 Å². The van der Waals surface area contributed by atoms with Gasteiger partial charge < -0.3 is 16.4 Å². The molecule has 0 amide bonds. The molecule has 2 aromatic heterocycles. The first kappa shape index (κ1) is 18.6. The SMILES string of the molecule is C[C@@H]1CCCC12CCN(c1cnc(Sc3cc(N)nc(N)c3Cl)cn1)CC2. The Morgan fingerprint density at radius 1 is 1.19 bits per heavy atom. The Labute approximate surface area is 169 Å². The predicted octanol–water partition coefficient (Wildman–Crippen LogP) is 4.25. The van der Waals surface area contributed by atoms with Gasteiger partial charge in [0.1, 0.15) is 22.5 Å². The summed E-state index contributed by atoms with van der Waals surface area (Å²) in [7, 11) is 0. The fourth-order valence-electron chi connectivity index (χ4n) is 4.49. The van der Waals surface area contributed by atoms with E-state index in [1.807, 2.05) is 6.20 Å². The number of aromatic nitrogens is 3. The van der Waals surface area contributed by atoms with Gasteiger partial charge >= 0.3 is 0 Å². The molecule has 1 aliphatic heterocycles. The summed E-state index contributed by atoms with van der Waals surface area (Å²) in [6.45, 7) is 4.56. The van der Waals surface area contributed by atoms with E-state index >= 15 is 0 Å². The number of rotatable bonds is 3. The Morgan fingerprint density at radius 3 is 2.59 bits per heavy atom. The Kier molecular flexibility index (Phi) is 5.07. The van der Waals surface area contributed by atoms with Gasteiger partial charge in [0.15, 0.2) is 0 Å². The van der Waals surface area contributed by atoms with Crippen molar-refractivity contribution in [1.82, 2.24) is 15.0 Å². The van der Waals surface area contributed by atoms with Crippen LogP contribution in [0.2, 0.25) is 5.02 Å². The summed E-state index contributed by atoms with van der Waals surface area (Å²) in [5.41, 5.74) is 12.1. The predicted molar refractivity (Wildman–Crippen MR) is 111 cm³/mol. The summed E-state index contributed by atoms with van der Waals surface area (Å²) in [4.78, 5) is 16.2. The lowest BCUT2D eigenvalue weighted by molar-refractivity contribution is 0.161. The lowest BCUT2D eigenvalue weighted by Gasteiger charge is -2.42. The number of hydrogen-bond donors (Lipinski definition) is 2. The van der Waals surface area contributed by atoms with Crippen molar-refractivity contribution in [3.05, 3.63) is 23.5 Å². The first-order valence-electron chi connectivity index (χ1n) is 9.43. The van der Waals surface area contributed by atoms with Gasteiger partial charge in [-0.3, -0.25) is 0 Å². The smallest absolute Gasteiger partial charge is 0.147 e. The van der Waals surface area contributed by atoms with Crippen molar-refractivity contribution in [3.8, 4) is 0 Å². The Morgan fingerprint density at radius 2 is 1.96 bits per heavy atom. The van der Waals surface area contributed by atoms with Crippen LogP contribution < -0.4 is 16.4 Å². The number of nitrogens with zero attached hydrogens (tertiary/aromatic N) is 4. The highest BCUT2D eigenvalue weighted by molar-refractivity contribution is 7.99. The topological polar surface area (TPSA) is 94.0 Å². The van der Waals surface area contributed by atoms with Gasteiger partial charge in [-0.2, -0.15) is 0 Å². The molecule has 2 aliphatic rings. The van der Waals surface area contributed by atoms with Crippen LogP contribution in [-0.4, -0.2) is 28.0 Å². The van der Waals surface area contributed by atoms with Gasteiger partial charge in [0, 0.05) is 18.0 Å². The quantitative estimate of drug-likeness (QED) is 0.789. The van der Waals surface area contributed by atoms with Gasteiger partial charge in [-0.15, -0.1) is 0 Å². The van der Waals surface area contributed by atoms with E-state index in [2.05, 4.69) is 26.8 Å². The zero-order valence-electron chi connectivity index (χ0n) is 15.5. The number of anilines is 3. The zero-order chi connectivity index (χ0) is 19.0. The van der Waals surface area contributed by atoms with Crippen molar-refractivity contribution < 1.29 is 0 Å². The van der Waals surface area contributed by atoms with Crippen LogP contribution in [0.25, 0.3) is 0 Å². The van der Waals surface area contributed by atoms with E-state index < -0.39 is 0 Å². The third-order valence-electron chi connectivity index (χ3n) is 6.24. The molecule has 2 fully saturated rings. The minimum absolute atomic E-state index is 0.229. The minimum atomic E-state index is 0.229. The van der Waals surface area contributed by atoms with Crippen molar-refractivity contribution in [2.75, 3.05) is 29.5 Å². The van der Waals surface area contributed by atoms with Crippen molar-refractivity contribution in [2.24, 2.45) is 11.3 Å². The molecule has 1 saturated carbocycles. The van der Waals surface area contributed by atoms with Crippen molar-refractivity contribution in [1.29, 1.82) is 0 Å². The van der Waals surface area contributed by atoms with Crippen LogP contribution >= 0.6 is 23.4 Å². The Balaban J connectivity index is 1.43. The van der Waals surface area contributed by atoms with E-state index in [0.717, 1.165) is 34.7 Å². The van der Waals surface area contributed by atoms with Crippen LogP contribution in [0.5, 0.6) is 0 Å². The number of hydrogen-bond acceptors (Lipinski definition) is 7. The molecule has 144 valence electrons.